The van der Waals surface area contributed by atoms with Crippen LogP contribution in [0.1, 0.15) is 41.3 Å². The van der Waals surface area contributed by atoms with Crippen molar-refractivity contribution in [3.8, 4) is 11.6 Å². The van der Waals surface area contributed by atoms with E-state index in [1.54, 1.807) is 42.6 Å². The Morgan fingerprint density at radius 2 is 1.70 bits per heavy atom. The summed E-state index contributed by atoms with van der Waals surface area (Å²) < 4.78 is 5.79. The van der Waals surface area contributed by atoms with Crippen LogP contribution in [0.15, 0.2) is 66.9 Å². The molecular formula is C27H29N3O3. The predicted octanol–water partition coefficient (Wildman–Crippen LogP) is 5.24. The van der Waals surface area contributed by atoms with Crippen LogP contribution in [0.5, 0.6) is 11.6 Å². The molecule has 0 spiro atoms. The van der Waals surface area contributed by atoms with Crippen LogP contribution >= 0.6 is 0 Å². The molecule has 1 aliphatic rings. The van der Waals surface area contributed by atoms with Gasteiger partial charge >= 0.3 is 0 Å². The number of benzene rings is 2. The zero-order chi connectivity index (χ0) is 23.2. The van der Waals surface area contributed by atoms with Gasteiger partial charge in [-0.1, -0.05) is 36.8 Å². The number of piperidine rings is 1. The highest BCUT2D eigenvalue weighted by Crippen LogP contribution is 2.23. The quantitative estimate of drug-likeness (QED) is 0.566. The first kappa shape index (κ1) is 22.5. The van der Waals surface area contributed by atoms with Gasteiger partial charge in [0.2, 0.25) is 11.8 Å². The molecule has 0 bridgehead atoms. The summed E-state index contributed by atoms with van der Waals surface area (Å²) in [4.78, 5) is 31.1. The molecular weight excluding hydrogens is 414 g/mol. The van der Waals surface area contributed by atoms with Gasteiger partial charge in [-0.3, -0.25) is 9.59 Å². The lowest BCUT2D eigenvalue weighted by molar-refractivity contribution is -0.115. The van der Waals surface area contributed by atoms with Crippen molar-refractivity contribution >= 4 is 17.5 Å². The summed E-state index contributed by atoms with van der Waals surface area (Å²) in [6.07, 6.45) is 3.99. The van der Waals surface area contributed by atoms with Gasteiger partial charge in [0.25, 0.3) is 5.91 Å². The normalized spacial score (nSPS) is 14.1. The maximum Gasteiger partial charge on any atom is 0.253 e. The fourth-order valence-corrected chi connectivity index (χ4v) is 3.79. The molecule has 4 rings (SSSR count). The maximum atomic E-state index is 12.7. The summed E-state index contributed by atoms with van der Waals surface area (Å²) >= 11 is 0. The van der Waals surface area contributed by atoms with Crippen LogP contribution in [0.25, 0.3) is 0 Å². The first-order valence-electron chi connectivity index (χ1n) is 11.3. The summed E-state index contributed by atoms with van der Waals surface area (Å²) in [7, 11) is 0. The minimum atomic E-state index is -0.0993. The van der Waals surface area contributed by atoms with E-state index in [4.69, 9.17) is 4.74 Å². The van der Waals surface area contributed by atoms with Crippen molar-refractivity contribution in [3.05, 3.63) is 83.6 Å². The Hall–Kier alpha value is -3.67. The molecule has 170 valence electrons. The van der Waals surface area contributed by atoms with E-state index in [1.165, 1.54) is 0 Å². The van der Waals surface area contributed by atoms with Crippen LogP contribution in [0, 0.1) is 12.8 Å². The topological polar surface area (TPSA) is 71.5 Å². The van der Waals surface area contributed by atoms with Crippen molar-refractivity contribution in [3.63, 3.8) is 0 Å². The SMILES string of the molecule is Cc1ccc(CC(=O)Nc2ccc(Oc3ccc(C(=O)N4CCC(C)CC4)cc3)nc2)cc1. The predicted molar refractivity (Wildman–Crippen MR) is 129 cm³/mol. The monoisotopic (exact) mass is 443 g/mol. The molecule has 0 saturated carbocycles. The number of ether oxygens (including phenoxy) is 1. The third-order valence-corrected chi connectivity index (χ3v) is 5.90. The molecule has 1 N–H and O–H groups in total. The molecule has 3 aromatic rings. The van der Waals surface area contributed by atoms with Gasteiger partial charge in [0.15, 0.2) is 0 Å². The van der Waals surface area contributed by atoms with Crippen LogP contribution in [-0.2, 0) is 11.2 Å². The van der Waals surface area contributed by atoms with Gasteiger partial charge in [-0.15, -0.1) is 0 Å². The Kier molecular flexibility index (Phi) is 7.03. The molecule has 1 aromatic heterocycles. The van der Waals surface area contributed by atoms with E-state index >= 15 is 0 Å². The van der Waals surface area contributed by atoms with Crippen molar-refractivity contribution in [2.75, 3.05) is 18.4 Å². The van der Waals surface area contributed by atoms with Crippen LogP contribution < -0.4 is 10.1 Å². The van der Waals surface area contributed by atoms with Gasteiger partial charge in [-0.2, -0.15) is 0 Å². The minimum Gasteiger partial charge on any atom is -0.439 e. The lowest BCUT2D eigenvalue weighted by Crippen LogP contribution is -2.37. The van der Waals surface area contributed by atoms with Crippen molar-refractivity contribution in [1.29, 1.82) is 0 Å². The lowest BCUT2D eigenvalue weighted by atomic mass is 9.98. The second kappa shape index (κ2) is 10.3. The summed E-state index contributed by atoms with van der Waals surface area (Å²) in [5, 5.41) is 2.85. The Morgan fingerprint density at radius 3 is 2.33 bits per heavy atom. The largest absolute Gasteiger partial charge is 0.439 e. The van der Waals surface area contributed by atoms with E-state index in [9.17, 15) is 9.59 Å². The average Bonchev–Trinajstić information content (AvgIpc) is 2.82. The van der Waals surface area contributed by atoms with E-state index in [0.29, 0.717) is 35.2 Å². The number of likely N-dealkylation sites (tertiary alicyclic amines) is 1. The number of pyridine rings is 1. The molecule has 6 heteroatoms. The number of nitrogens with zero attached hydrogens (tertiary/aromatic N) is 2. The number of hydrogen-bond donors (Lipinski definition) is 1. The van der Waals surface area contributed by atoms with Crippen molar-refractivity contribution < 1.29 is 14.3 Å². The van der Waals surface area contributed by atoms with Crippen molar-refractivity contribution in [2.45, 2.75) is 33.1 Å². The molecule has 0 radical (unpaired) electrons. The van der Waals surface area contributed by atoms with Gasteiger partial charge in [-0.25, -0.2) is 4.98 Å². The third kappa shape index (κ3) is 6.19. The van der Waals surface area contributed by atoms with E-state index in [-0.39, 0.29) is 11.8 Å². The molecule has 0 aliphatic carbocycles. The Balaban J connectivity index is 1.30. The van der Waals surface area contributed by atoms with Gasteiger partial charge in [0.05, 0.1) is 18.3 Å². The smallest absolute Gasteiger partial charge is 0.253 e. The van der Waals surface area contributed by atoms with E-state index < -0.39 is 0 Å². The van der Waals surface area contributed by atoms with Gasteiger partial charge in [-0.05, 0) is 61.6 Å². The molecule has 1 saturated heterocycles. The molecule has 1 fully saturated rings. The zero-order valence-corrected chi connectivity index (χ0v) is 19.1. The first-order chi connectivity index (χ1) is 16.0. The maximum absolute atomic E-state index is 12.7. The van der Waals surface area contributed by atoms with Crippen LogP contribution in [0.3, 0.4) is 0 Å². The molecule has 1 aliphatic heterocycles. The van der Waals surface area contributed by atoms with Gasteiger partial charge in [0, 0.05) is 24.7 Å². The van der Waals surface area contributed by atoms with Crippen LogP contribution in [0.4, 0.5) is 5.69 Å². The zero-order valence-electron chi connectivity index (χ0n) is 19.1. The van der Waals surface area contributed by atoms with Crippen LogP contribution in [-0.4, -0.2) is 34.8 Å². The van der Waals surface area contributed by atoms with Gasteiger partial charge in [0.1, 0.15) is 5.75 Å². The number of amides is 2. The third-order valence-electron chi connectivity index (χ3n) is 5.90. The Labute approximate surface area is 194 Å². The van der Waals surface area contributed by atoms with E-state index in [2.05, 4.69) is 17.2 Å². The van der Waals surface area contributed by atoms with Crippen LogP contribution in [0.2, 0.25) is 0 Å². The Bertz CT molecular complexity index is 1080. The van der Waals surface area contributed by atoms with E-state index in [1.807, 2.05) is 36.1 Å². The molecule has 33 heavy (non-hydrogen) atoms. The molecule has 0 unspecified atom stereocenters. The summed E-state index contributed by atoms with van der Waals surface area (Å²) in [6.45, 7) is 5.88. The molecule has 6 nitrogen and oxygen atoms in total. The number of rotatable bonds is 6. The highest BCUT2D eigenvalue weighted by Gasteiger charge is 2.21. The number of aryl methyl sites for hydroxylation is 1. The van der Waals surface area contributed by atoms with E-state index in [0.717, 1.165) is 37.1 Å². The molecule has 2 heterocycles. The van der Waals surface area contributed by atoms with Crippen molar-refractivity contribution in [2.24, 2.45) is 5.92 Å². The molecule has 2 aromatic carbocycles. The highest BCUT2D eigenvalue weighted by atomic mass is 16.5. The first-order valence-corrected chi connectivity index (χ1v) is 11.3. The summed E-state index contributed by atoms with van der Waals surface area (Å²) in [5.41, 5.74) is 3.40. The number of hydrogen-bond acceptors (Lipinski definition) is 4. The standard InChI is InChI=1S/C27H29N3O3/c1-19-3-5-21(6-4-19)17-25(31)29-23-9-12-26(28-18-23)33-24-10-7-22(8-11-24)27(32)30-15-13-20(2)14-16-30/h3-12,18,20H,13-17H2,1-2H3,(H,29,31). The van der Waals surface area contributed by atoms with Crippen molar-refractivity contribution in [1.82, 2.24) is 9.88 Å². The number of anilines is 1. The Morgan fingerprint density at radius 1 is 1.00 bits per heavy atom. The van der Waals surface area contributed by atoms with Gasteiger partial charge < -0.3 is 15.0 Å². The second-order valence-corrected chi connectivity index (χ2v) is 8.70. The number of aromatic nitrogens is 1. The molecule has 0 atom stereocenters. The highest BCUT2D eigenvalue weighted by molar-refractivity contribution is 5.94. The number of nitrogens with one attached hydrogen (secondary N) is 1. The lowest BCUT2D eigenvalue weighted by Gasteiger charge is -2.30. The summed E-state index contributed by atoms with van der Waals surface area (Å²) in [6, 6.07) is 18.5. The fraction of sp³-hybridized carbons (Fsp3) is 0.296. The minimum absolute atomic E-state index is 0.0670. The summed E-state index contributed by atoms with van der Waals surface area (Å²) in [5.74, 6) is 1.67. The average molecular weight is 444 g/mol. The second-order valence-electron chi connectivity index (χ2n) is 8.70. The molecule has 2 amide bonds. The number of carbonyl (C=O) groups excluding carboxylic acids is 2. The fourth-order valence-electron chi connectivity index (χ4n) is 3.79. The number of carbonyl (C=O) groups is 2.